The van der Waals surface area contributed by atoms with Crippen molar-refractivity contribution in [2.75, 3.05) is 33.5 Å². The van der Waals surface area contributed by atoms with Gasteiger partial charge >= 0.3 is 0 Å². The average molecular weight is 225 g/mol. The zero-order chi connectivity index (χ0) is 11.6. The van der Waals surface area contributed by atoms with E-state index in [0.717, 1.165) is 11.3 Å². The van der Waals surface area contributed by atoms with Crippen LogP contribution in [-0.2, 0) is 16.0 Å². The van der Waals surface area contributed by atoms with E-state index in [-0.39, 0.29) is 0 Å². The minimum atomic E-state index is 0.547. The molecule has 0 saturated carbocycles. The van der Waals surface area contributed by atoms with Gasteiger partial charge in [0.1, 0.15) is 12.4 Å². The Kier molecular flexibility index (Phi) is 6.56. The molecule has 0 amide bonds. The van der Waals surface area contributed by atoms with Crippen molar-refractivity contribution in [3.63, 3.8) is 0 Å². The van der Waals surface area contributed by atoms with Gasteiger partial charge in [0.25, 0.3) is 0 Å². The lowest BCUT2D eigenvalue weighted by molar-refractivity contribution is 0.0544. The number of nitrogens with two attached hydrogens (primary N) is 1. The Hall–Kier alpha value is -1.10. The lowest BCUT2D eigenvalue weighted by Gasteiger charge is -2.07. The van der Waals surface area contributed by atoms with Crippen molar-refractivity contribution in [2.24, 2.45) is 5.73 Å². The molecule has 0 spiro atoms. The highest BCUT2D eigenvalue weighted by Crippen LogP contribution is 2.11. The quantitative estimate of drug-likeness (QED) is 0.675. The second-order valence-corrected chi connectivity index (χ2v) is 3.30. The molecule has 0 aromatic heterocycles. The summed E-state index contributed by atoms with van der Waals surface area (Å²) in [4.78, 5) is 0. The lowest BCUT2D eigenvalue weighted by atomic mass is 10.2. The first-order chi connectivity index (χ1) is 7.86. The molecule has 0 radical (unpaired) electrons. The second-order valence-electron chi connectivity index (χ2n) is 3.30. The number of ether oxygens (including phenoxy) is 3. The van der Waals surface area contributed by atoms with Crippen molar-refractivity contribution in [3.8, 4) is 5.75 Å². The molecule has 1 rings (SSSR count). The van der Waals surface area contributed by atoms with Crippen LogP contribution in [-0.4, -0.2) is 33.5 Å². The largest absolute Gasteiger partial charge is 0.491 e. The van der Waals surface area contributed by atoms with Crippen LogP contribution in [0.15, 0.2) is 24.3 Å². The molecule has 0 fully saturated rings. The minimum Gasteiger partial charge on any atom is -0.491 e. The second kappa shape index (κ2) is 8.10. The molecule has 90 valence electrons. The normalized spacial score (nSPS) is 10.4. The van der Waals surface area contributed by atoms with Crippen LogP contribution in [0.25, 0.3) is 0 Å². The predicted octanol–water partition coefficient (Wildman–Crippen LogP) is 1.19. The van der Waals surface area contributed by atoms with Crippen LogP contribution >= 0.6 is 0 Å². The molecule has 0 aliphatic carbocycles. The van der Waals surface area contributed by atoms with Gasteiger partial charge in [0.05, 0.1) is 19.8 Å². The molecule has 0 unspecified atom stereocenters. The molecule has 1 aromatic carbocycles. The van der Waals surface area contributed by atoms with Gasteiger partial charge in [-0.15, -0.1) is 0 Å². The van der Waals surface area contributed by atoms with Crippen molar-refractivity contribution >= 4 is 0 Å². The molecule has 0 bridgehead atoms. The van der Waals surface area contributed by atoms with Crippen LogP contribution in [0.2, 0.25) is 0 Å². The van der Waals surface area contributed by atoms with Crippen LogP contribution in [0.5, 0.6) is 5.75 Å². The van der Waals surface area contributed by atoms with Crippen molar-refractivity contribution in [1.82, 2.24) is 0 Å². The van der Waals surface area contributed by atoms with E-state index in [2.05, 4.69) is 0 Å². The van der Waals surface area contributed by atoms with Crippen LogP contribution in [0.1, 0.15) is 5.56 Å². The summed E-state index contributed by atoms with van der Waals surface area (Å²) in [6.45, 7) is 2.89. The molecule has 4 heteroatoms. The van der Waals surface area contributed by atoms with Gasteiger partial charge in [0.15, 0.2) is 0 Å². The summed E-state index contributed by atoms with van der Waals surface area (Å²) >= 11 is 0. The van der Waals surface area contributed by atoms with Crippen molar-refractivity contribution in [1.29, 1.82) is 0 Å². The van der Waals surface area contributed by atoms with Crippen LogP contribution in [0.3, 0.4) is 0 Å². The lowest BCUT2D eigenvalue weighted by Crippen LogP contribution is -2.10. The molecule has 2 N–H and O–H groups in total. The molecule has 1 aromatic rings. The summed E-state index contributed by atoms with van der Waals surface area (Å²) in [6, 6.07) is 7.75. The first-order valence-corrected chi connectivity index (χ1v) is 5.35. The van der Waals surface area contributed by atoms with E-state index >= 15 is 0 Å². The van der Waals surface area contributed by atoms with Gasteiger partial charge < -0.3 is 19.9 Å². The molecule has 0 aliphatic heterocycles. The summed E-state index contributed by atoms with van der Waals surface area (Å²) in [5.41, 5.74) is 6.60. The summed E-state index contributed by atoms with van der Waals surface area (Å²) in [5.74, 6) is 0.840. The fourth-order valence-electron chi connectivity index (χ4n) is 1.18. The van der Waals surface area contributed by atoms with E-state index in [1.165, 1.54) is 0 Å². The van der Waals surface area contributed by atoms with Gasteiger partial charge in [-0.3, -0.25) is 0 Å². The van der Waals surface area contributed by atoms with E-state index < -0.39 is 0 Å². The van der Waals surface area contributed by atoms with Crippen LogP contribution < -0.4 is 10.5 Å². The summed E-state index contributed by atoms with van der Waals surface area (Å²) in [5, 5.41) is 0. The van der Waals surface area contributed by atoms with Gasteiger partial charge in [-0.25, -0.2) is 0 Å². The number of methoxy groups -OCH3 is 1. The fourth-order valence-corrected chi connectivity index (χ4v) is 1.18. The van der Waals surface area contributed by atoms with Gasteiger partial charge in [-0.05, 0) is 17.7 Å². The predicted molar refractivity (Wildman–Crippen MR) is 62.5 cm³/mol. The summed E-state index contributed by atoms with van der Waals surface area (Å²) in [7, 11) is 1.65. The van der Waals surface area contributed by atoms with Gasteiger partial charge in [0, 0.05) is 13.7 Å². The van der Waals surface area contributed by atoms with Gasteiger partial charge in [-0.1, -0.05) is 12.1 Å². The number of hydrogen-bond donors (Lipinski definition) is 1. The molecule has 0 saturated heterocycles. The third-order valence-electron chi connectivity index (χ3n) is 2.09. The molecule has 0 atom stereocenters. The molecular formula is C12H19NO3. The third-order valence-corrected chi connectivity index (χ3v) is 2.09. The fraction of sp³-hybridized carbons (Fsp3) is 0.500. The maximum atomic E-state index is 5.50. The van der Waals surface area contributed by atoms with Gasteiger partial charge in [0.2, 0.25) is 0 Å². The number of hydrogen-bond acceptors (Lipinski definition) is 4. The van der Waals surface area contributed by atoms with E-state index in [1.54, 1.807) is 7.11 Å². The van der Waals surface area contributed by atoms with E-state index in [9.17, 15) is 0 Å². The average Bonchev–Trinajstić information content (AvgIpc) is 2.34. The Morgan fingerprint density at radius 3 is 2.31 bits per heavy atom. The molecular weight excluding hydrogens is 206 g/mol. The first-order valence-electron chi connectivity index (χ1n) is 5.35. The Morgan fingerprint density at radius 1 is 1.00 bits per heavy atom. The SMILES string of the molecule is COCCOCCOc1ccc(CN)cc1. The summed E-state index contributed by atoms with van der Waals surface area (Å²) in [6.07, 6.45) is 0. The van der Waals surface area contributed by atoms with Crippen LogP contribution in [0.4, 0.5) is 0 Å². The number of benzene rings is 1. The standard InChI is InChI=1S/C12H19NO3/c1-14-6-7-15-8-9-16-12-4-2-11(10-13)3-5-12/h2-5H,6-10,13H2,1H3. The molecule has 4 nitrogen and oxygen atoms in total. The molecule has 0 heterocycles. The third kappa shape index (κ3) is 5.11. The summed E-state index contributed by atoms with van der Waals surface area (Å²) < 4.78 is 15.6. The molecule has 16 heavy (non-hydrogen) atoms. The Bertz CT molecular complexity index is 274. The van der Waals surface area contributed by atoms with Crippen molar-refractivity contribution in [2.45, 2.75) is 6.54 Å². The van der Waals surface area contributed by atoms with Crippen LogP contribution in [0, 0.1) is 0 Å². The Labute approximate surface area is 96.3 Å². The van der Waals surface area contributed by atoms with Gasteiger partial charge in [-0.2, -0.15) is 0 Å². The maximum absolute atomic E-state index is 5.50. The maximum Gasteiger partial charge on any atom is 0.119 e. The zero-order valence-electron chi connectivity index (χ0n) is 9.65. The zero-order valence-corrected chi connectivity index (χ0v) is 9.65. The monoisotopic (exact) mass is 225 g/mol. The topological polar surface area (TPSA) is 53.7 Å². The van der Waals surface area contributed by atoms with Crippen molar-refractivity contribution in [3.05, 3.63) is 29.8 Å². The Morgan fingerprint density at radius 2 is 1.69 bits per heavy atom. The van der Waals surface area contributed by atoms with E-state index in [4.69, 9.17) is 19.9 Å². The first kappa shape index (κ1) is 13.0. The minimum absolute atomic E-state index is 0.547. The highest BCUT2D eigenvalue weighted by atomic mass is 16.5. The van der Waals surface area contributed by atoms with E-state index in [1.807, 2.05) is 24.3 Å². The number of rotatable bonds is 8. The highest BCUT2D eigenvalue weighted by Gasteiger charge is 1.94. The van der Waals surface area contributed by atoms with E-state index in [0.29, 0.717) is 33.0 Å². The highest BCUT2D eigenvalue weighted by molar-refractivity contribution is 5.26. The Balaban J connectivity index is 2.12. The molecule has 0 aliphatic rings. The smallest absolute Gasteiger partial charge is 0.119 e. The van der Waals surface area contributed by atoms with Crippen molar-refractivity contribution < 1.29 is 14.2 Å².